The summed E-state index contributed by atoms with van der Waals surface area (Å²) in [5.41, 5.74) is 1.47. The number of hydrogen-bond acceptors (Lipinski definition) is 1. The zero-order chi connectivity index (χ0) is 20.3. The van der Waals surface area contributed by atoms with Crippen LogP contribution in [0.2, 0.25) is 0 Å². The summed E-state index contributed by atoms with van der Waals surface area (Å²) in [5, 5.41) is 0. The monoisotopic (exact) mass is 392 g/mol. The van der Waals surface area contributed by atoms with Crippen molar-refractivity contribution < 1.29 is 4.74 Å². The molecule has 1 aromatic carbocycles. The molecule has 0 spiro atoms. The second-order valence-corrected chi connectivity index (χ2v) is 9.18. The smallest absolute Gasteiger partial charge is 0.119 e. The fourth-order valence-electron chi connectivity index (χ4n) is 5.05. The van der Waals surface area contributed by atoms with Crippen molar-refractivity contribution in [3.8, 4) is 17.6 Å². The molecule has 2 aliphatic rings. The fourth-order valence-corrected chi connectivity index (χ4v) is 5.05. The quantitative estimate of drug-likeness (QED) is 0.428. The van der Waals surface area contributed by atoms with Crippen molar-refractivity contribution in [1.82, 2.24) is 0 Å². The van der Waals surface area contributed by atoms with Crippen LogP contribution in [0.1, 0.15) is 96.0 Å². The Morgan fingerprint density at radius 3 is 2.28 bits per heavy atom. The van der Waals surface area contributed by atoms with Gasteiger partial charge >= 0.3 is 0 Å². The summed E-state index contributed by atoms with van der Waals surface area (Å²) >= 11 is 0. The maximum absolute atomic E-state index is 5.70. The van der Waals surface area contributed by atoms with Crippen LogP contribution < -0.4 is 4.74 Å². The van der Waals surface area contributed by atoms with E-state index in [1.54, 1.807) is 0 Å². The first-order chi connectivity index (χ1) is 14.3. The van der Waals surface area contributed by atoms with Gasteiger partial charge in [0.15, 0.2) is 0 Å². The second-order valence-electron chi connectivity index (χ2n) is 9.18. The molecule has 0 heterocycles. The molecule has 2 saturated carbocycles. The first kappa shape index (κ1) is 22.0. The van der Waals surface area contributed by atoms with Crippen LogP contribution in [0.3, 0.4) is 0 Å². The number of benzene rings is 1. The first-order valence-electron chi connectivity index (χ1n) is 12.2. The number of ether oxygens (including phenoxy) is 1. The summed E-state index contributed by atoms with van der Waals surface area (Å²) in [6, 6.07) is 8.80. The number of allylic oxidation sites excluding steroid dienone is 2. The van der Waals surface area contributed by atoms with E-state index in [1.165, 1.54) is 69.8 Å². The predicted molar refractivity (Wildman–Crippen MR) is 124 cm³/mol. The van der Waals surface area contributed by atoms with E-state index in [2.05, 4.69) is 62.1 Å². The van der Waals surface area contributed by atoms with Gasteiger partial charge in [0.25, 0.3) is 0 Å². The summed E-state index contributed by atoms with van der Waals surface area (Å²) in [6.45, 7) is 5.26. The Hall–Kier alpha value is -1.68. The van der Waals surface area contributed by atoms with Gasteiger partial charge in [-0.1, -0.05) is 56.7 Å². The molecule has 0 aliphatic heterocycles. The zero-order valence-electron chi connectivity index (χ0n) is 18.7. The highest BCUT2D eigenvalue weighted by Crippen LogP contribution is 2.36. The molecular weight excluding hydrogens is 352 g/mol. The fraction of sp³-hybridized carbons (Fsp3) is 0.643. The molecule has 0 aromatic heterocycles. The van der Waals surface area contributed by atoms with E-state index in [9.17, 15) is 0 Å². The van der Waals surface area contributed by atoms with Gasteiger partial charge in [-0.05, 0) is 99.3 Å². The SMILES string of the molecule is CCCOc1ccc([C@H]2CC[C@H](C#CC=C[C@H]3CC[C@H](CCC)CC3)CC2)cc1. The lowest BCUT2D eigenvalue weighted by atomic mass is 9.79. The van der Waals surface area contributed by atoms with Crippen molar-refractivity contribution in [3.63, 3.8) is 0 Å². The number of rotatable bonds is 7. The molecule has 2 fully saturated rings. The summed E-state index contributed by atoms with van der Waals surface area (Å²) in [7, 11) is 0. The summed E-state index contributed by atoms with van der Waals surface area (Å²) in [5.74, 6) is 11.0. The normalized spacial score (nSPS) is 27.4. The van der Waals surface area contributed by atoms with Crippen molar-refractivity contribution >= 4 is 0 Å². The minimum absolute atomic E-state index is 0.586. The lowest BCUT2D eigenvalue weighted by Crippen LogP contribution is -2.12. The van der Waals surface area contributed by atoms with Crippen LogP contribution in [0, 0.1) is 29.6 Å². The molecule has 29 heavy (non-hydrogen) atoms. The van der Waals surface area contributed by atoms with Crippen LogP contribution in [-0.4, -0.2) is 6.61 Å². The Morgan fingerprint density at radius 2 is 1.62 bits per heavy atom. The third-order valence-corrected chi connectivity index (χ3v) is 6.88. The lowest BCUT2D eigenvalue weighted by molar-refractivity contribution is 0.294. The highest BCUT2D eigenvalue weighted by molar-refractivity contribution is 5.30. The molecule has 0 bridgehead atoms. The molecule has 0 atom stereocenters. The maximum Gasteiger partial charge on any atom is 0.119 e. The summed E-state index contributed by atoms with van der Waals surface area (Å²) in [4.78, 5) is 0. The van der Waals surface area contributed by atoms with Gasteiger partial charge in [-0.3, -0.25) is 0 Å². The van der Waals surface area contributed by atoms with Crippen molar-refractivity contribution in [2.75, 3.05) is 6.61 Å². The maximum atomic E-state index is 5.70. The summed E-state index contributed by atoms with van der Waals surface area (Å²) < 4.78 is 5.70. The largest absolute Gasteiger partial charge is 0.494 e. The highest BCUT2D eigenvalue weighted by atomic mass is 16.5. The highest BCUT2D eigenvalue weighted by Gasteiger charge is 2.21. The van der Waals surface area contributed by atoms with Gasteiger partial charge in [-0.25, -0.2) is 0 Å². The van der Waals surface area contributed by atoms with E-state index in [0.717, 1.165) is 30.6 Å². The average molecular weight is 393 g/mol. The average Bonchev–Trinajstić information content (AvgIpc) is 2.77. The van der Waals surface area contributed by atoms with E-state index in [-0.39, 0.29) is 0 Å². The molecule has 1 nitrogen and oxygen atoms in total. The Kier molecular flexibility index (Phi) is 9.20. The van der Waals surface area contributed by atoms with Crippen molar-refractivity contribution in [2.24, 2.45) is 17.8 Å². The summed E-state index contributed by atoms with van der Waals surface area (Å²) in [6.07, 6.45) is 19.0. The predicted octanol–water partition coefficient (Wildman–Crippen LogP) is 7.92. The van der Waals surface area contributed by atoms with Crippen LogP contribution >= 0.6 is 0 Å². The van der Waals surface area contributed by atoms with Gasteiger partial charge in [0.2, 0.25) is 0 Å². The van der Waals surface area contributed by atoms with Crippen molar-refractivity contribution in [2.45, 2.75) is 90.4 Å². The van der Waals surface area contributed by atoms with Crippen LogP contribution in [0.25, 0.3) is 0 Å². The Balaban J connectivity index is 1.38. The van der Waals surface area contributed by atoms with Gasteiger partial charge < -0.3 is 4.74 Å². The van der Waals surface area contributed by atoms with E-state index in [0.29, 0.717) is 11.8 Å². The van der Waals surface area contributed by atoms with Gasteiger partial charge in [-0.15, -0.1) is 0 Å². The van der Waals surface area contributed by atoms with Crippen LogP contribution in [0.15, 0.2) is 36.4 Å². The molecule has 158 valence electrons. The molecule has 2 aliphatic carbocycles. The zero-order valence-corrected chi connectivity index (χ0v) is 18.7. The van der Waals surface area contributed by atoms with Crippen LogP contribution in [-0.2, 0) is 0 Å². The Morgan fingerprint density at radius 1 is 0.897 bits per heavy atom. The molecule has 0 saturated heterocycles. The minimum Gasteiger partial charge on any atom is -0.494 e. The van der Waals surface area contributed by atoms with Gasteiger partial charge in [0.05, 0.1) is 6.61 Å². The van der Waals surface area contributed by atoms with Crippen LogP contribution in [0.5, 0.6) is 5.75 Å². The molecule has 0 N–H and O–H groups in total. The molecule has 1 aromatic rings. The molecular formula is C28H40O. The second kappa shape index (κ2) is 12.1. The Labute approximate surface area is 179 Å². The molecule has 0 unspecified atom stereocenters. The van der Waals surface area contributed by atoms with Crippen molar-refractivity contribution in [1.29, 1.82) is 0 Å². The molecule has 3 rings (SSSR count). The molecule has 0 amide bonds. The first-order valence-corrected chi connectivity index (χ1v) is 12.2. The minimum atomic E-state index is 0.586. The van der Waals surface area contributed by atoms with Gasteiger partial charge in [0.1, 0.15) is 5.75 Å². The third kappa shape index (κ3) is 7.26. The molecule has 0 radical (unpaired) electrons. The van der Waals surface area contributed by atoms with Gasteiger partial charge in [0, 0.05) is 5.92 Å². The van der Waals surface area contributed by atoms with Crippen molar-refractivity contribution in [3.05, 3.63) is 42.0 Å². The number of hydrogen-bond donors (Lipinski definition) is 0. The van der Waals surface area contributed by atoms with E-state index >= 15 is 0 Å². The standard InChI is InChI=1S/C28H40O/c1-3-7-23-10-12-24(13-11-23)8-5-6-9-25-14-16-26(17-15-25)27-18-20-28(21-19-27)29-22-4-2/h5,8,18-21,23-26H,3-4,7,10-17,22H2,1-2H3/t23-,24-,25-,26-. The van der Waals surface area contributed by atoms with E-state index in [4.69, 9.17) is 4.74 Å². The molecule has 1 heteroatoms. The Bertz CT molecular complexity index is 659. The van der Waals surface area contributed by atoms with Gasteiger partial charge in [-0.2, -0.15) is 0 Å². The van der Waals surface area contributed by atoms with E-state index in [1.807, 2.05) is 0 Å². The topological polar surface area (TPSA) is 9.23 Å². The lowest BCUT2D eigenvalue weighted by Gasteiger charge is -2.26. The van der Waals surface area contributed by atoms with Crippen LogP contribution in [0.4, 0.5) is 0 Å². The third-order valence-electron chi connectivity index (χ3n) is 6.88. The van der Waals surface area contributed by atoms with E-state index < -0.39 is 0 Å².